The van der Waals surface area contributed by atoms with Gasteiger partial charge >= 0.3 is 5.97 Å². The zero-order chi connectivity index (χ0) is 24.0. The molecule has 0 radical (unpaired) electrons. The highest BCUT2D eigenvalue weighted by Crippen LogP contribution is 2.44. The number of hydrogen-bond donors (Lipinski definition) is 1. The van der Waals surface area contributed by atoms with Crippen molar-refractivity contribution in [1.29, 1.82) is 0 Å². The molecule has 0 unspecified atom stereocenters. The normalized spacial score (nSPS) is 23.9. The molecule has 0 bridgehead atoms. The molecule has 6 heteroatoms. The lowest BCUT2D eigenvalue weighted by Crippen LogP contribution is -2.35. The van der Waals surface area contributed by atoms with Crippen LogP contribution >= 0.6 is 11.3 Å². The molecule has 0 saturated heterocycles. The minimum atomic E-state index is -0.410. The van der Waals surface area contributed by atoms with Crippen LogP contribution in [0.15, 0.2) is 6.07 Å². The number of anilines is 1. The van der Waals surface area contributed by atoms with Crippen LogP contribution in [-0.4, -0.2) is 37.2 Å². The second kappa shape index (κ2) is 11.5. The van der Waals surface area contributed by atoms with E-state index in [-0.39, 0.29) is 23.3 Å². The molecule has 1 amide bonds. The lowest BCUT2D eigenvalue weighted by molar-refractivity contribution is -0.123. The second-order valence-electron chi connectivity index (χ2n) is 10.3. The molecular weight excluding hydrogens is 434 g/mol. The maximum atomic E-state index is 12.9. The third-order valence-electron chi connectivity index (χ3n) is 7.20. The third-order valence-corrected chi connectivity index (χ3v) is 8.22. The molecule has 0 aliphatic heterocycles. The van der Waals surface area contributed by atoms with E-state index in [1.54, 1.807) is 11.9 Å². The van der Waals surface area contributed by atoms with E-state index in [4.69, 9.17) is 9.84 Å². The van der Waals surface area contributed by atoms with Crippen molar-refractivity contribution in [3.8, 4) is 11.8 Å². The molecule has 3 saturated carbocycles. The first-order valence-corrected chi connectivity index (χ1v) is 13.2. The first kappa shape index (κ1) is 25.8. The fraction of sp³-hybridized carbons (Fsp3) is 0.704. The number of amides is 1. The predicted octanol–water partition coefficient (Wildman–Crippen LogP) is 5.79. The van der Waals surface area contributed by atoms with Crippen LogP contribution < -0.4 is 4.90 Å². The first-order valence-electron chi connectivity index (χ1n) is 12.4. The molecule has 3 fully saturated rings. The van der Waals surface area contributed by atoms with Gasteiger partial charge in [-0.25, -0.2) is 4.79 Å². The highest BCUT2D eigenvalue weighted by atomic mass is 32.1. The van der Waals surface area contributed by atoms with Crippen LogP contribution in [0, 0.1) is 29.1 Å². The summed E-state index contributed by atoms with van der Waals surface area (Å²) in [5, 5.41) is 8.91. The summed E-state index contributed by atoms with van der Waals surface area (Å²) >= 11 is 1.31. The van der Waals surface area contributed by atoms with E-state index in [0.717, 1.165) is 56.2 Å². The average molecular weight is 474 g/mol. The van der Waals surface area contributed by atoms with Crippen LogP contribution in [0.4, 0.5) is 5.69 Å². The van der Waals surface area contributed by atoms with E-state index in [1.807, 2.05) is 6.07 Å². The fourth-order valence-corrected chi connectivity index (χ4v) is 5.40. The van der Waals surface area contributed by atoms with Crippen LogP contribution in [0.5, 0.6) is 0 Å². The monoisotopic (exact) mass is 473 g/mol. The van der Waals surface area contributed by atoms with Gasteiger partial charge in [0.25, 0.3) is 0 Å². The van der Waals surface area contributed by atoms with Gasteiger partial charge in [0.05, 0.1) is 23.8 Å². The van der Waals surface area contributed by atoms with Gasteiger partial charge in [0, 0.05) is 18.4 Å². The molecular formula is C27H39NO4S. The van der Waals surface area contributed by atoms with Crippen molar-refractivity contribution in [2.75, 3.05) is 19.1 Å². The number of aliphatic hydroxyl groups excluding tert-OH is 1. The van der Waals surface area contributed by atoms with Crippen molar-refractivity contribution >= 4 is 28.9 Å². The Labute approximate surface area is 202 Å². The summed E-state index contributed by atoms with van der Waals surface area (Å²) < 4.78 is 4.92. The van der Waals surface area contributed by atoms with Crippen LogP contribution in [0.25, 0.3) is 0 Å². The largest absolute Gasteiger partial charge is 0.465 e. The highest BCUT2D eigenvalue weighted by Gasteiger charge is 2.35. The van der Waals surface area contributed by atoms with Crippen LogP contribution in [-0.2, 0) is 9.53 Å². The number of rotatable bonds is 3. The summed E-state index contributed by atoms with van der Waals surface area (Å²) in [5.41, 5.74) is 0.742. The van der Waals surface area contributed by atoms with Gasteiger partial charge in [0.2, 0.25) is 5.91 Å². The standard InChI is InChI=1S/C21H27NO3S.C6H12O/c1-14-5-7-15(8-6-14)19(23)22(3)17-13-16(9-10-21(2)11-12-21)26-18(17)20(24)25-4;7-6-4-2-1-3-5-6/h13-15H,5-8,11-12H2,1-4H3;6-7H,1-5H2. The van der Waals surface area contributed by atoms with Gasteiger partial charge in [0.15, 0.2) is 0 Å². The van der Waals surface area contributed by atoms with E-state index in [1.165, 1.54) is 37.7 Å². The molecule has 0 atom stereocenters. The van der Waals surface area contributed by atoms with Gasteiger partial charge in [-0.05, 0) is 70.3 Å². The summed E-state index contributed by atoms with van der Waals surface area (Å²) in [6.45, 7) is 4.39. The number of nitrogens with zero attached hydrogens (tertiary/aromatic N) is 1. The number of esters is 1. The summed E-state index contributed by atoms with van der Waals surface area (Å²) in [5.74, 6) is 6.90. The number of ether oxygens (including phenoxy) is 1. The van der Waals surface area contributed by atoms with Crippen molar-refractivity contribution in [1.82, 2.24) is 0 Å². The van der Waals surface area contributed by atoms with Crippen molar-refractivity contribution in [2.24, 2.45) is 17.3 Å². The molecule has 33 heavy (non-hydrogen) atoms. The maximum Gasteiger partial charge on any atom is 0.350 e. The van der Waals surface area contributed by atoms with E-state index in [9.17, 15) is 9.59 Å². The number of thiophene rings is 1. The lowest BCUT2D eigenvalue weighted by atomic mass is 9.82. The van der Waals surface area contributed by atoms with E-state index in [2.05, 4.69) is 25.7 Å². The topological polar surface area (TPSA) is 66.8 Å². The third kappa shape index (κ3) is 7.32. The molecule has 3 aliphatic rings. The van der Waals surface area contributed by atoms with Gasteiger partial charge < -0.3 is 14.7 Å². The van der Waals surface area contributed by atoms with E-state index >= 15 is 0 Å². The van der Waals surface area contributed by atoms with E-state index in [0.29, 0.717) is 16.5 Å². The smallest absolute Gasteiger partial charge is 0.350 e. The van der Waals surface area contributed by atoms with Crippen molar-refractivity contribution in [3.63, 3.8) is 0 Å². The zero-order valence-electron chi connectivity index (χ0n) is 20.6. The van der Waals surface area contributed by atoms with Crippen molar-refractivity contribution in [2.45, 2.75) is 90.6 Å². The number of hydrogen-bond acceptors (Lipinski definition) is 5. The van der Waals surface area contributed by atoms with Crippen molar-refractivity contribution in [3.05, 3.63) is 15.8 Å². The van der Waals surface area contributed by atoms with Crippen LogP contribution in [0.1, 0.15) is 99.0 Å². The van der Waals surface area contributed by atoms with Gasteiger partial charge in [0.1, 0.15) is 4.88 Å². The van der Waals surface area contributed by atoms with Gasteiger partial charge in [-0.1, -0.05) is 38.0 Å². The first-order chi connectivity index (χ1) is 15.7. The van der Waals surface area contributed by atoms with Crippen molar-refractivity contribution < 1.29 is 19.4 Å². The summed E-state index contributed by atoms with van der Waals surface area (Å²) in [7, 11) is 3.13. The molecule has 1 aromatic heterocycles. The predicted molar refractivity (Wildman–Crippen MR) is 134 cm³/mol. The quantitative estimate of drug-likeness (QED) is 0.446. The molecule has 1 aromatic rings. The summed E-state index contributed by atoms with van der Waals surface area (Å²) in [6.07, 6.45) is 12.2. The molecule has 5 nitrogen and oxygen atoms in total. The molecule has 0 spiro atoms. The minimum Gasteiger partial charge on any atom is -0.465 e. The minimum absolute atomic E-state index is 0.0359. The Morgan fingerprint density at radius 3 is 2.27 bits per heavy atom. The Morgan fingerprint density at radius 1 is 1.12 bits per heavy atom. The van der Waals surface area contributed by atoms with Crippen LogP contribution in [0.2, 0.25) is 0 Å². The number of carbonyl (C=O) groups is 2. The summed E-state index contributed by atoms with van der Waals surface area (Å²) in [4.78, 5) is 28.1. The maximum absolute atomic E-state index is 12.9. The molecule has 1 N–H and O–H groups in total. The Morgan fingerprint density at radius 2 is 1.76 bits per heavy atom. The fourth-order valence-electron chi connectivity index (χ4n) is 4.44. The molecule has 3 aliphatic carbocycles. The van der Waals surface area contributed by atoms with E-state index < -0.39 is 5.97 Å². The summed E-state index contributed by atoms with van der Waals surface area (Å²) in [6, 6.07) is 1.86. The molecule has 4 rings (SSSR count). The number of aliphatic hydroxyl groups is 1. The molecule has 0 aromatic carbocycles. The van der Waals surface area contributed by atoms with Gasteiger partial charge in [-0.15, -0.1) is 11.3 Å². The Bertz CT molecular complexity index is 878. The van der Waals surface area contributed by atoms with Gasteiger partial charge in [-0.2, -0.15) is 0 Å². The lowest BCUT2D eigenvalue weighted by Gasteiger charge is -2.29. The number of carbonyl (C=O) groups excluding carboxylic acids is 2. The zero-order valence-corrected chi connectivity index (χ0v) is 21.4. The molecule has 182 valence electrons. The Kier molecular flexibility index (Phi) is 9.01. The Hall–Kier alpha value is -1.84. The average Bonchev–Trinajstić information content (AvgIpc) is 3.40. The second-order valence-corrected chi connectivity index (χ2v) is 11.3. The SMILES string of the molecule is COC(=O)c1sc(C#CC2(C)CC2)cc1N(C)C(=O)C1CCC(C)CC1.OC1CCCCC1. The van der Waals surface area contributed by atoms with Gasteiger partial charge in [-0.3, -0.25) is 4.79 Å². The molecule has 1 heterocycles. The highest BCUT2D eigenvalue weighted by molar-refractivity contribution is 7.15. The number of methoxy groups -OCH3 is 1. The van der Waals surface area contributed by atoms with Crippen LogP contribution in [0.3, 0.4) is 0 Å². The Balaban J connectivity index is 0.000000374.